The highest BCUT2D eigenvalue weighted by Gasteiger charge is 2.38. The smallest absolute Gasteiger partial charge is 0.328 e. The first-order chi connectivity index (χ1) is 14.8. The zero-order chi connectivity index (χ0) is 24.6. The van der Waals surface area contributed by atoms with Crippen molar-refractivity contribution in [2.45, 2.75) is 69.3 Å². The summed E-state index contributed by atoms with van der Waals surface area (Å²) < 4.78 is 0. The van der Waals surface area contributed by atoms with Gasteiger partial charge in [-0.2, -0.15) is 0 Å². The number of carbonyl (C=O) groups excluding carboxylic acids is 4. The molecule has 14 nitrogen and oxygen atoms in total. The Morgan fingerprint density at radius 3 is 2.25 bits per heavy atom. The number of nitrogens with one attached hydrogen (secondary N) is 2. The first-order valence-corrected chi connectivity index (χ1v) is 9.92. The lowest BCUT2D eigenvalue weighted by Crippen LogP contribution is -2.58. The summed E-state index contributed by atoms with van der Waals surface area (Å²) in [5.41, 5.74) is 10.8. The van der Waals surface area contributed by atoms with Crippen LogP contribution in [-0.4, -0.2) is 92.6 Å². The number of primary amides is 1. The molecule has 0 aromatic carbocycles. The first kappa shape index (κ1) is 26.8. The van der Waals surface area contributed by atoms with Gasteiger partial charge in [-0.15, -0.1) is 0 Å². The molecule has 0 aromatic heterocycles. The van der Waals surface area contributed by atoms with E-state index in [9.17, 15) is 33.9 Å². The number of carboxylic acid groups (broad SMARTS) is 2. The lowest BCUT2D eigenvalue weighted by atomic mass is 10.1. The maximum absolute atomic E-state index is 12.7. The van der Waals surface area contributed by atoms with Crippen molar-refractivity contribution in [2.75, 3.05) is 6.54 Å². The molecule has 0 saturated carbocycles. The minimum Gasteiger partial charge on any atom is -0.481 e. The van der Waals surface area contributed by atoms with Crippen LogP contribution in [0, 0.1) is 0 Å². The van der Waals surface area contributed by atoms with E-state index in [1.807, 2.05) is 5.32 Å². The molecule has 0 bridgehead atoms. The molecule has 0 aliphatic carbocycles. The van der Waals surface area contributed by atoms with Crippen molar-refractivity contribution >= 4 is 35.6 Å². The van der Waals surface area contributed by atoms with Crippen molar-refractivity contribution < 1.29 is 44.1 Å². The molecule has 4 amide bonds. The van der Waals surface area contributed by atoms with Gasteiger partial charge in [0.1, 0.15) is 12.1 Å². The number of hydrogen-bond donors (Lipinski definition) is 7. The number of aliphatic hydroxyl groups excluding tert-OH is 1. The van der Waals surface area contributed by atoms with E-state index in [2.05, 4.69) is 5.32 Å². The van der Waals surface area contributed by atoms with Gasteiger partial charge in [-0.25, -0.2) is 4.79 Å². The Hall–Kier alpha value is -3.26. The number of carbonyl (C=O) groups is 6. The maximum atomic E-state index is 12.7. The SMILES string of the molecule is CC(O)C(NC(=O)C(CC(=O)O)NC(=O)C1CCCN1C(=O)C(N)CCC(N)=O)C(=O)O. The van der Waals surface area contributed by atoms with Gasteiger partial charge in [-0.05, 0) is 26.2 Å². The van der Waals surface area contributed by atoms with E-state index in [1.54, 1.807) is 0 Å². The summed E-state index contributed by atoms with van der Waals surface area (Å²) in [4.78, 5) is 72.1. The van der Waals surface area contributed by atoms with Crippen molar-refractivity contribution in [3.05, 3.63) is 0 Å². The number of nitrogens with zero attached hydrogens (tertiary/aromatic N) is 1. The van der Waals surface area contributed by atoms with Crippen LogP contribution in [0.3, 0.4) is 0 Å². The van der Waals surface area contributed by atoms with Crippen LogP contribution in [0.5, 0.6) is 0 Å². The molecule has 1 rings (SSSR count). The summed E-state index contributed by atoms with van der Waals surface area (Å²) in [6.07, 6.45) is -1.80. The Bertz CT molecular complexity index is 757. The molecule has 180 valence electrons. The third kappa shape index (κ3) is 7.77. The van der Waals surface area contributed by atoms with E-state index in [1.165, 1.54) is 4.90 Å². The normalized spacial score (nSPS) is 19.3. The van der Waals surface area contributed by atoms with Gasteiger partial charge < -0.3 is 42.3 Å². The van der Waals surface area contributed by atoms with Crippen LogP contribution >= 0.6 is 0 Å². The Morgan fingerprint density at radius 2 is 1.75 bits per heavy atom. The van der Waals surface area contributed by atoms with Crippen molar-refractivity contribution in [2.24, 2.45) is 11.5 Å². The largest absolute Gasteiger partial charge is 0.481 e. The van der Waals surface area contributed by atoms with Crippen LogP contribution in [0.2, 0.25) is 0 Å². The van der Waals surface area contributed by atoms with Gasteiger partial charge in [-0.1, -0.05) is 0 Å². The van der Waals surface area contributed by atoms with E-state index in [0.29, 0.717) is 6.42 Å². The molecular formula is C18H29N5O9. The third-order valence-corrected chi connectivity index (χ3v) is 4.92. The summed E-state index contributed by atoms with van der Waals surface area (Å²) in [6.45, 7) is 1.31. The molecule has 1 saturated heterocycles. The van der Waals surface area contributed by atoms with E-state index in [4.69, 9.17) is 21.7 Å². The lowest BCUT2D eigenvalue weighted by Gasteiger charge is -2.28. The Kier molecular flexibility index (Phi) is 10.00. The highest BCUT2D eigenvalue weighted by molar-refractivity contribution is 5.96. The van der Waals surface area contributed by atoms with E-state index < -0.39 is 72.3 Å². The fraction of sp³-hybridized carbons (Fsp3) is 0.667. The number of hydrogen-bond acceptors (Lipinski definition) is 8. The average Bonchev–Trinajstić information content (AvgIpc) is 3.17. The average molecular weight is 459 g/mol. The number of aliphatic hydroxyl groups is 1. The third-order valence-electron chi connectivity index (χ3n) is 4.92. The maximum Gasteiger partial charge on any atom is 0.328 e. The number of carboxylic acids is 2. The summed E-state index contributed by atoms with van der Waals surface area (Å²) in [6, 6.07) is -5.47. The quantitative estimate of drug-likeness (QED) is 0.152. The minimum absolute atomic E-state index is 0.0149. The van der Waals surface area contributed by atoms with Crippen LogP contribution in [0.25, 0.3) is 0 Å². The van der Waals surface area contributed by atoms with Crippen LogP contribution in [0.15, 0.2) is 0 Å². The molecule has 0 aromatic rings. The molecule has 0 spiro atoms. The van der Waals surface area contributed by atoms with Crippen LogP contribution in [0.1, 0.15) is 39.0 Å². The van der Waals surface area contributed by atoms with Gasteiger partial charge in [0.2, 0.25) is 23.6 Å². The Morgan fingerprint density at radius 1 is 1.12 bits per heavy atom. The van der Waals surface area contributed by atoms with Crippen LogP contribution in [-0.2, 0) is 28.8 Å². The monoisotopic (exact) mass is 459 g/mol. The predicted molar refractivity (Wildman–Crippen MR) is 107 cm³/mol. The Balaban J connectivity index is 2.91. The summed E-state index contributed by atoms with van der Waals surface area (Å²) >= 11 is 0. The molecule has 5 atom stereocenters. The molecule has 0 radical (unpaired) electrons. The number of aliphatic carboxylic acids is 2. The molecule has 1 aliphatic rings. The van der Waals surface area contributed by atoms with Crippen molar-refractivity contribution in [1.82, 2.24) is 15.5 Å². The van der Waals surface area contributed by atoms with Crippen molar-refractivity contribution in [1.29, 1.82) is 0 Å². The standard InChI is InChI=1S/C18H29N5O9/c1-8(24)14(18(31)32)22-15(28)10(7-13(26)27)21-16(29)11-3-2-6-23(11)17(30)9(19)4-5-12(20)25/h8-11,14,24H,2-7,19H2,1H3,(H2,20,25)(H,21,29)(H,22,28)(H,26,27)(H,31,32). The van der Waals surface area contributed by atoms with Gasteiger partial charge in [0, 0.05) is 13.0 Å². The van der Waals surface area contributed by atoms with Gasteiger partial charge in [0.15, 0.2) is 6.04 Å². The zero-order valence-corrected chi connectivity index (χ0v) is 17.5. The second-order valence-corrected chi connectivity index (χ2v) is 7.53. The van der Waals surface area contributed by atoms with E-state index in [0.717, 1.165) is 6.92 Å². The number of nitrogens with two attached hydrogens (primary N) is 2. The number of amides is 4. The highest BCUT2D eigenvalue weighted by Crippen LogP contribution is 2.19. The summed E-state index contributed by atoms with van der Waals surface area (Å²) in [5.74, 6) is -6.16. The highest BCUT2D eigenvalue weighted by atomic mass is 16.4. The zero-order valence-electron chi connectivity index (χ0n) is 17.5. The molecule has 14 heteroatoms. The molecule has 5 unspecified atom stereocenters. The summed E-state index contributed by atoms with van der Waals surface area (Å²) in [5, 5.41) is 31.8. The first-order valence-electron chi connectivity index (χ1n) is 9.92. The molecule has 9 N–H and O–H groups in total. The second kappa shape index (κ2) is 12.0. The molecule has 1 heterocycles. The fourth-order valence-electron chi connectivity index (χ4n) is 3.23. The number of rotatable bonds is 12. The number of likely N-dealkylation sites (tertiary alicyclic amines) is 1. The van der Waals surface area contributed by atoms with Gasteiger partial charge >= 0.3 is 11.9 Å². The molecule has 32 heavy (non-hydrogen) atoms. The minimum atomic E-state index is -1.72. The summed E-state index contributed by atoms with van der Waals surface area (Å²) in [7, 11) is 0. The predicted octanol–water partition coefficient (Wildman–Crippen LogP) is -3.52. The second-order valence-electron chi connectivity index (χ2n) is 7.53. The van der Waals surface area contributed by atoms with Crippen LogP contribution in [0.4, 0.5) is 0 Å². The van der Waals surface area contributed by atoms with Gasteiger partial charge in [0.25, 0.3) is 0 Å². The fourth-order valence-corrected chi connectivity index (χ4v) is 3.23. The van der Waals surface area contributed by atoms with Crippen molar-refractivity contribution in [3.63, 3.8) is 0 Å². The van der Waals surface area contributed by atoms with E-state index in [-0.39, 0.29) is 25.8 Å². The van der Waals surface area contributed by atoms with Gasteiger partial charge in [0.05, 0.1) is 18.6 Å². The topological polar surface area (TPSA) is 242 Å². The molecule has 1 fully saturated rings. The van der Waals surface area contributed by atoms with Crippen LogP contribution < -0.4 is 22.1 Å². The Labute approximate surface area is 183 Å². The van der Waals surface area contributed by atoms with Gasteiger partial charge in [-0.3, -0.25) is 24.0 Å². The van der Waals surface area contributed by atoms with E-state index >= 15 is 0 Å². The molecule has 1 aliphatic heterocycles. The lowest BCUT2D eigenvalue weighted by molar-refractivity contribution is -0.146. The van der Waals surface area contributed by atoms with Crippen molar-refractivity contribution in [3.8, 4) is 0 Å². The molecular weight excluding hydrogens is 430 g/mol.